The maximum absolute atomic E-state index is 9.77. The van der Waals surface area contributed by atoms with Crippen LogP contribution in [-0.4, -0.2) is 21.8 Å². The molecule has 0 spiro atoms. The summed E-state index contributed by atoms with van der Waals surface area (Å²) in [5.74, 6) is 2.33. The molecule has 2 aromatic carbocycles. The van der Waals surface area contributed by atoms with Crippen LogP contribution in [0.5, 0.6) is 11.5 Å². The Morgan fingerprint density at radius 1 is 1.00 bits per heavy atom. The Kier molecular flexibility index (Phi) is 6.27. The highest BCUT2D eigenvalue weighted by Crippen LogP contribution is 2.34. The van der Waals surface area contributed by atoms with Crippen molar-refractivity contribution < 1.29 is 10.2 Å². The molecule has 1 atom stereocenters. The third kappa shape index (κ3) is 4.87. The molecule has 112 valence electrons. The Labute approximate surface area is 134 Å². The first-order valence-electron chi connectivity index (χ1n) is 6.96. The van der Waals surface area contributed by atoms with E-state index in [1.54, 1.807) is 17.8 Å². The van der Waals surface area contributed by atoms with Gasteiger partial charge < -0.3 is 10.2 Å². The van der Waals surface area contributed by atoms with Crippen LogP contribution in [0.1, 0.15) is 24.3 Å². The second-order valence-electron chi connectivity index (χ2n) is 4.87. The zero-order valence-corrected chi connectivity index (χ0v) is 13.3. The Hall–Kier alpha value is -1.32. The lowest BCUT2D eigenvalue weighted by Gasteiger charge is -2.16. The summed E-state index contributed by atoms with van der Waals surface area (Å²) in [4.78, 5) is 0.715. The maximum Gasteiger partial charge on any atom is 0.129 e. The fourth-order valence-corrected chi connectivity index (χ4v) is 3.57. The van der Waals surface area contributed by atoms with Crippen molar-refractivity contribution in [1.29, 1.82) is 0 Å². The van der Waals surface area contributed by atoms with Gasteiger partial charge in [0.05, 0.1) is 4.90 Å². The molecule has 0 aromatic heterocycles. The van der Waals surface area contributed by atoms with Crippen LogP contribution in [0.3, 0.4) is 0 Å². The number of alkyl halides is 1. The first-order chi connectivity index (χ1) is 10.2. The van der Waals surface area contributed by atoms with Gasteiger partial charge in [-0.15, -0.1) is 23.4 Å². The molecule has 0 aliphatic rings. The van der Waals surface area contributed by atoms with Gasteiger partial charge in [0.2, 0.25) is 0 Å². The minimum atomic E-state index is 0.177. The molecule has 0 aliphatic heterocycles. The summed E-state index contributed by atoms with van der Waals surface area (Å²) in [7, 11) is 0. The number of phenols is 2. The second-order valence-corrected chi connectivity index (χ2v) is 6.39. The third-order valence-corrected chi connectivity index (χ3v) is 4.69. The smallest absolute Gasteiger partial charge is 0.129 e. The van der Waals surface area contributed by atoms with Gasteiger partial charge in [0, 0.05) is 5.88 Å². The average Bonchev–Trinajstić information content (AvgIpc) is 2.51. The highest BCUT2D eigenvalue weighted by molar-refractivity contribution is 7.99. The molecule has 21 heavy (non-hydrogen) atoms. The van der Waals surface area contributed by atoms with Gasteiger partial charge in [-0.2, -0.15) is 0 Å². The van der Waals surface area contributed by atoms with Crippen LogP contribution in [0.2, 0.25) is 0 Å². The fraction of sp³-hybridized carbons (Fsp3) is 0.294. The number of benzene rings is 2. The lowest BCUT2D eigenvalue weighted by molar-refractivity contribution is 0.448. The number of halogens is 1. The van der Waals surface area contributed by atoms with Crippen LogP contribution < -0.4 is 0 Å². The molecule has 0 saturated heterocycles. The minimum Gasteiger partial charge on any atom is -0.508 e. The summed E-state index contributed by atoms with van der Waals surface area (Å²) < 4.78 is 0. The Morgan fingerprint density at radius 2 is 1.76 bits per heavy atom. The van der Waals surface area contributed by atoms with Crippen molar-refractivity contribution in [2.75, 3.05) is 11.6 Å². The molecule has 2 nitrogen and oxygen atoms in total. The van der Waals surface area contributed by atoms with Gasteiger partial charge in [-0.3, -0.25) is 0 Å². The van der Waals surface area contributed by atoms with Gasteiger partial charge in [0.15, 0.2) is 0 Å². The molecule has 1 unspecified atom stereocenters. The second kappa shape index (κ2) is 8.20. The molecule has 0 heterocycles. The van der Waals surface area contributed by atoms with E-state index in [0.29, 0.717) is 16.7 Å². The molecular weight excluding hydrogens is 304 g/mol. The van der Waals surface area contributed by atoms with Gasteiger partial charge in [-0.1, -0.05) is 30.3 Å². The van der Waals surface area contributed by atoms with E-state index in [1.165, 1.54) is 17.7 Å². The summed E-state index contributed by atoms with van der Waals surface area (Å²) in [6.45, 7) is 0. The quantitative estimate of drug-likeness (QED) is 0.428. The summed E-state index contributed by atoms with van der Waals surface area (Å²) in [5, 5.41) is 19.2. The largest absolute Gasteiger partial charge is 0.508 e. The van der Waals surface area contributed by atoms with Crippen molar-refractivity contribution in [2.45, 2.75) is 23.7 Å². The predicted molar refractivity (Wildman–Crippen MR) is 89.6 cm³/mol. The van der Waals surface area contributed by atoms with Gasteiger partial charge in [-0.05, 0) is 48.3 Å². The van der Waals surface area contributed by atoms with Crippen molar-refractivity contribution in [2.24, 2.45) is 0 Å². The summed E-state index contributed by atoms with van der Waals surface area (Å²) in [6.07, 6.45) is 1.93. The van der Waals surface area contributed by atoms with Gasteiger partial charge in [-0.25, -0.2) is 0 Å². The van der Waals surface area contributed by atoms with E-state index in [0.717, 1.165) is 18.6 Å². The van der Waals surface area contributed by atoms with Gasteiger partial charge >= 0.3 is 0 Å². The minimum absolute atomic E-state index is 0.177. The van der Waals surface area contributed by atoms with Crippen molar-refractivity contribution in [3.63, 3.8) is 0 Å². The van der Waals surface area contributed by atoms with E-state index >= 15 is 0 Å². The van der Waals surface area contributed by atoms with Crippen LogP contribution >= 0.6 is 23.4 Å². The molecule has 2 N–H and O–H groups in total. The monoisotopic (exact) mass is 322 g/mol. The van der Waals surface area contributed by atoms with E-state index < -0.39 is 0 Å². The molecular formula is C17H19ClO2S. The lowest BCUT2D eigenvalue weighted by Crippen LogP contribution is -2.01. The van der Waals surface area contributed by atoms with E-state index in [1.807, 2.05) is 18.2 Å². The molecule has 4 heteroatoms. The number of aromatic hydroxyl groups is 2. The summed E-state index contributed by atoms with van der Waals surface area (Å²) in [6, 6.07) is 15.0. The molecule has 0 aliphatic carbocycles. The first-order valence-corrected chi connectivity index (χ1v) is 8.48. The Balaban J connectivity index is 1.95. The maximum atomic E-state index is 9.77. The van der Waals surface area contributed by atoms with Crippen LogP contribution in [-0.2, 0) is 0 Å². The molecule has 0 saturated carbocycles. The topological polar surface area (TPSA) is 40.5 Å². The molecule has 0 amide bonds. The lowest BCUT2D eigenvalue weighted by atomic mass is 9.94. The summed E-state index contributed by atoms with van der Waals surface area (Å²) >= 11 is 7.47. The number of thioether (sulfide) groups is 1. The molecule has 0 radical (unpaired) electrons. The molecule has 0 fully saturated rings. The number of phenolic OH excluding ortho intramolecular Hbond substituents is 2. The van der Waals surface area contributed by atoms with Crippen LogP contribution in [0.15, 0.2) is 53.4 Å². The predicted octanol–water partition coefficient (Wildman–Crippen LogP) is 4.99. The number of rotatable bonds is 7. The normalized spacial score (nSPS) is 12.2. The van der Waals surface area contributed by atoms with E-state index in [2.05, 4.69) is 12.1 Å². The molecule has 0 bridgehead atoms. The zero-order valence-electron chi connectivity index (χ0n) is 11.7. The van der Waals surface area contributed by atoms with Gasteiger partial charge in [0.1, 0.15) is 11.5 Å². The standard InChI is InChI=1S/C17H19ClO2S/c18-10-8-14(13-4-2-1-3-5-13)9-11-21-17-12-15(19)6-7-16(17)20/h1-7,12,14,19-20H,8-11H2. The number of hydrogen-bond acceptors (Lipinski definition) is 3. The van der Waals surface area contributed by atoms with E-state index in [9.17, 15) is 10.2 Å². The first kappa shape index (κ1) is 16.1. The van der Waals surface area contributed by atoms with Crippen LogP contribution in [0.4, 0.5) is 0 Å². The van der Waals surface area contributed by atoms with E-state index in [4.69, 9.17) is 11.6 Å². The Morgan fingerprint density at radius 3 is 2.48 bits per heavy atom. The fourth-order valence-electron chi connectivity index (χ4n) is 2.26. The average molecular weight is 323 g/mol. The molecule has 2 aromatic rings. The van der Waals surface area contributed by atoms with Crippen molar-refractivity contribution in [3.05, 3.63) is 54.1 Å². The van der Waals surface area contributed by atoms with E-state index in [-0.39, 0.29) is 11.5 Å². The molecule has 2 rings (SSSR count). The van der Waals surface area contributed by atoms with Gasteiger partial charge in [0.25, 0.3) is 0 Å². The Bertz CT molecular complexity index is 560. The third-order valence-electron chi connectivity index (χ3n) is 3.40. The highest BCUT2D eigenvalue weighted by atomic mass is 35.5. The SMILES string of the molecule is Oc1ccc(O)c(SCCC(CCCl)c2ccccc2)c1. The number of hydrogen-bond donors (Lipinski definition) is 2. The zero-order chi connectivity index (χ0) is 15.1. The van der Waals surface area contributed by atoms with Crippen LogP contribution in [0, 0.1) is 0 Å². The highest BCUT2D eigenvalue weighted by Gasteiger charge is 2.11. The van der Waals surface area contributed by atoms with Crippen molar-refractivity contribution in [1.82, 2.24) is 0 Å². The van der Waals surface area contributed by atoms with Crippen molar-refractivity contribution >= 4 is 23.4 Å². The van der Waals surface area contributed by atoms with Crippen molar-refractivity contribution in [3.8, 4) is 11.5 Å². The van der Waals surface area contributed by atoms with Crippen LogP contribution in [0.25, 0.3) is 0 Å². The summed E-state index contributed by atoms with van der Waals surface area (Å²) in [5.41, 5.74) is 1.30.